The summed E-state index contributed by atoms with van der Waals surface area (Å²) in [4.78, 5) is 24.7. The first kappa shape index (κ1) is 29.9. The van der Waals surface area contributed by atoms with Crippen molar-refractivity contribution in [3.8, 4) is 17.2 Å². The molecule has 7 nitrogen and oxygen atoms in total. The third kappa shape index (κ3) is 8.96. The lowest BCUT2D eigenvalue weighted by molar-refractivity contribution is -0.123. The Morgan fingerprint density at radius 3 is 2.28 bits per heavy atom. The van der Waals surface area contributed by atoms with Gasteiger partial charge in [-0.25, -0.2) is 10.2 Å². The van der Waals surface area contributed by atoms with Crippen LogP contribution in [0.15, 0.2) is 76.3 Å². The summed E-state index contributed by atoms with van der Waals surface area (Å²) in [6, 6.07) is 19.8. The van der Waals surface area contributed by atoms with Crippen molar-refractivity contribution < 1.29 is 23.8 Å². The van der Waals surface area contributed by atoms with Crippen LogP contribution in [0.5, 0.6) is 17.2 Å². The van der Waals surface area contributed by atoms with Crippen LogP contribution in [0.3, 0.4) is 0 Å². The van der Waals surface area contributed by atoms with Crippen molar-refractivity contribution in [2.24, 2.45) is 10.5 Å². The number of hydrogen-bond acceptors (Lipinski definition) is 6. The van der Waals surface area contributed by atoms with E-state index in [0.29, 0.717) is 27.1 Å². The van der Waals surface area contributed by atoms with Crippen LogP contribution in [0.2, 0.25) is 0 Å². The molecule has 0 spiro atoms. The summed E-state index contributed by atoms with van der Waals surface area (Å²) in [5.74, 6) is 0.317. The number of hydrogen-bond donors (Lipinski definition) is 1. The first-order valence-electron chi connectivity index (χ1n) is 12.6. The van der Waals surface area contributed by atoms with Gasteiger partial charge in [-0.1, -0.05) is 58.9 Å². The molecule has 0 aliphatic carbocycles. The number of hydrazone groups is 1. The molecule has 0 aromatic heterocycles. The Morgan fingerprint density at radius 2 is 1.64 bits per heavy atom. The maximum atomic E-state index is 12.5. The number of methoxy groups -OCH3 is 1. The molecule has 3 aromatic rings. The van der Waals surface area contributed by atoms with E-state index in [2.05, 4.69) is 61.1 Å². The lowest BCUT2D eigenvalue weighted by atomic mass is 9.72. The fourth-order valence-electron chi connectivity index (χ4n) is 4.42. The van der Waals surface area contributed by atoms with Crippen LogP contribution in [0.4, 0.5) is 0 Å². The number of benzene rings is 3. The molecule has 1 amide bonds. The molecule has 206 valence electrons. The summed E-state index contributed by atoms with van der Waals surface area (Å²) < 4.78 is 17.1. The molecule has 0 radical (unpaired) electrons. The van der Waals surface area contributed by atoms with E-state index in [9.17, 15) is 9.59 Å². The van der Waals surface area contributed by atoms with Crippen LogP contribution in [-0.2, 0) is 10.2 Å². The van der Waals surface area contributed by atoms with Gasteiger partial charge in [0.25, 0.3) is 5.91 Å². The highest BCUT2D eigenvalue weighted by molar-refractivity contribution is 9.10. The monoisotopic (exact) mass is 594 g/mol. The Kier molecular flexibility index (Phi) is 9.92. The number of nitrogens with one attached hydrogen (secondary N) is 1. The van der Waals surface area contributed by atoms with E-state index in [-0.39, 0.29) is 23.2 Å². The SMILES string of the molecule is COc1cc(C=NNC(=O)COc2ccc(C(C)(C)CC(C)(C)C)cc2)ccc1OC(=O)c1ccccc1Br. The maximum absolute atomic E-state index is 12.5. The van der Waals surface area contributed by atoms with Gasteiger partial charge in [0.15, 0.2) is 18.1 Å². The molecule has 3 rings (SSSR count). The topological polar surface area (TPSA) is 86.2 Å². The molecule has 1 N–H and O–H groups in total. The van der Waals surface area contributed by atoms with Gasteiger partial charge in [-0.15, -0.1) is 0 Å². The van der Waals surface area contributed by atoms with Crippen LogP contribution in [0, 0.1) is 5.41 Å². The largest absolute Gasteiger partial charge is 0.493 e. The second-order valence-electron chi connectivity index (χ2n) is 11.0. The third-order valence-corrected chi connectivity index (χ3v) is 6.56. The van der Waals surface area contributed by atoms with E-state index < -0.39 is 11.9 Å². The second-order valence-corrected chi connectivity index (χ2v) is 11.9. The maximum Gasteiger partial charge on any atom is 0.344 e. The van der Waals surface area contributed by atoms with Gasteiger partial charge in [-0.2, -0.15) is 5.10 Å². The zero-order valence-electron chi connectivity index (χ0n) is 23.2. The Morgan fingerprint density at radius 1 is 0.949 bits per heavy atom. The Hall–Kier alpha value is -3.65. The van der Waals surface area contributed by atoms with Crippen LogP contribution in [-0.4, -0.2) is 31.8 Å². The number of amides is 1. The van der Waals surface area contributed by atoms with Crippen molar-refractivity contribution in [2.45, 2.75) is 46.5 Å². The number of esters is 1. The second kappa shape index (κ2) is 12.9. The summed E-state index contributed by atoms with van der Waals surface area (Å²) in [5.41, 5.74) is 4.97. The molecular weight excluding hydrogens is 560 g/mol. The van der Waals surface area contributed by atoms with Crippen molar-refractivity contribution in [1.29, 1.82) is 0 Å². The van der Waals surface area contributed by atoms with Crippen LogP contribution < -0.4 is 19.6 Å². The molecule has 0 saturated heterocycles. The number of rotatable bonds is 10. The lowest BCUT2D eigenvalue weighted by Crippen LogP contribution is -2.25. The molecule has 39 heavy (non-hydrogen) atoms. The minimum Gasteiger partial charge on any atom is -0.493 e. The van der Waals surface area contributed by atoms with Gasteiger partial charge in [-0.3, -0.25) is 4.79 Å². The van der Waals surface area contributed by atoms with Gasteiger partial charge in [0.1, 0.15) is 5.75 Å². The van der Waals surface area contributed by atoms with Crippen LogP contribution in [0.25, 0.3) is 0 Å². The summed E-state index contributed by atoms with van der Waals surface area (Å²) in [6.07, 6.45) is 2.51. The Bertz CT molecular complexity index is 1330. The van der Waals surface area contributed by atoms with E-state index in [1.54, 1.807) is 36.4 Å². The van der Waals surface area contributed by atoms with Gasteiger partial charge in [0, 0.05) is 4.47 Å². The standard InChI is InChI=1S/C31H35BrN2O5/c1-30(2,3)20-31(4,5)22-12-14-23(15-13-22)38-19-28(35)34-33-18-21-11-16-26(27(17-21)37-6)39-29(36)24-9-7-8-10-25(24)32/h7-18H,19-20H2,1-6H3,(H,34,35). The molecule has 0 heterocycles. The lowest BCUT2D eigenvalue weighted by Gasteiger charge is -2.33. The van der Waals surface area contributed by atoms with Crippen molar-refractivity contribution in [1.82, 2.24) is 5.43 Å². The summed E-state index contributed by atoms with van der Waals surface area (Å²) in [6.45, 7) is 11.0. The first-order chi connectivity index (χ1) is 18.4. The molecule has 0 aliphatic heterocycles. The van der Waals surface area contributed by atoms with Gasteiger partial charge in [-0.05, 0) is 86.8 Å². The molecule has 8 heteroatoms. The van der Waals surface area contributed by atoms with E-state index in [4.69, 9.17) is 14.2 Å². The van der Waals surface area contributed by atoms with E-state index in [1.165, 1.54) is 18.9 Å². The van der Waals surface area contributed by atoms with E-state index >= 15 is 0 Å². The Balaban J connectivity index is 1.53. The number of carbonyl (C=O) groups excluding carboxylic acids is 2. The minimum atomic E-state index is -0.516. The zero-order chi connectivity index (χ0) is 28.6. The number of halogens is 1. The third-order valence-electron chi connectivity index (χ3n) is 5.86. The summed E-state index contributed by atoms with van der Waals surface area (Å²) >= 11 is 3.35. The fourth-order valence-corrected chi connectivity index (χ4v) is 4.87. The highest BCUT2D eigenvalue weighted by Gasteiger charge is 2.27. The van der Waals surface area contributed by atoms with Crippen molar-refractivity contribution in [3.05, 3.63) is 87.9 Å². The smallest absolute Gasteiger partial charge is 0.344 e. The van der Waals surface area contributed by atoms with Gasteiger partial charge in [0.05, 0.1) is 18.9 Å². The van der Waals surface area contributed by atoms with E-state index in [0.717, 1.165) is 6.42 Å². The van der Waals surface area contributed by atoms with E-state index in [1.807, 2.05) is 30.3 Å². The molecule has 0 bridgehead atoms. The van der Waals surface area contributed by atoms with Gasteiger partial charge >= 0.3 is 5.97 Å². The molecule has 0 fully saturated rings. The van der Waals surface area contributed by atoms with Crippen molar-refractivity contribution in [3.63, 3.8) is 0 Å². The quantitative estimate of drug-likeness (QED) is 0.119. The molecule has 3 aromatic carbocycles. The molecule has 0 atom stereocenters. The van der Waals surface area contributed by atoms with Crippen molar-refractivity contribution in [2.75, 3.05) is 13.7 Å². The average molecular weight is 596 g/mol. The van der Waals surface area contributed by atoms with Crippen LogP contribution >= 0.6 is 15.9 Å². The summed E-state index contributed by atoms with van der Waals surface area (Å²) in [7, 11) is 1.48. The number of ether oxygens (including phenoxy) is 3. The first-order valence-corrected chi connectivity index (χ1v) is 13.4. The van der Waals surface area contributed by atoms with Gasteiger partial charge < -0.3 is 14.2 Å². The number of nitrogens with zero attached hydrogens (tertiary/aromatic N) is 1. The predicted molar refractivity (Wildman–Crippen MR) is 157 cm³/mol. The molecule has 0 unspecified atom stereocenters. The average Bonchev–Trinajstić information content (AvgIpc) is 2.87. The van der Waals surface area contributed by atoms with Crippen molar-refractivity contribution >= 4 is 34.0 Å². The fraction of sp³-hybridized carbons (Fsp3) is 0.323. The summed E-state index contributed by atoms with van der Waals surface area (Å²) in [5, 5.41) is 3.99. The highest BCUT2D eigenvalue weighted by Crippen LogP contribution is 2.36. The molecule has 0 aliphatic rings. The van der Waals surface area contributed by atoms with Crippen LogP contribution in [0.1, 0.15) is 62.5 Å². The zero-order valence-corrected chi connectivity index (χ0v) is 24.8. The highest BCUT2D eigenvalue weighted by atomic mass is 79.9. The normalized spacial score (nSPS) is 11.8. The Labute approximate surface area is 238 Å². The number of carbonyl (C=O) groups is 2. The molecule has 0 saturated carbocycles. The molecular formula is C31H35BrN2O5. The minimum absolute atomic E-state index is 0.0322. The van der Waals surface area contributed by atoms with Gasteiger partial charge in [0.2, 0.25) is 0 Å². The predicted octanol–water partition coefficient (Wildman–Crippen LogP) is 6.92.